The van der Waals surface area contributed by atoms with E-state index in [-0.39, 0.29) is 17.4 Å². The molecule has 0 radical (unpaired) electrons. The second kappa shape index (κ2) is 15.2. The van der Waals surface area contributed by atoms with E-state index in [0.29, 0.717) is 24.7 Å². The number of fused-ring (bicyclic) bond motifs is 1. The fourth-order valence-corrected chi connectivity index (χ4v) is 4.66. The van der Waals surface area contributed by atoms with Crippen LogP contribution in [0.15, 0.2) is 9.59 Å². The first-order valence-corrected chi connectivity index (χ1v) is 13.1. The van der Waals surface area contributed by atoms with E-state index in [0.717, 1.165) is 32.4 Å². The number of hydrogen-bond donors (Lipinski definition) is 3. The third kappa shape index (κ3) is 9.16. The number of aliphatic hydroxyl groups excluding tert-OH is 1. The van der Waals surface area contributed by atoms with Crippen molar-refractivity contribution < 1.29 is 5.11 Å². The Labute approximate surface area is 199 Å². The summed E-state index contributed by atoms with van der Waals surface area (Å²) < 4.78 is 1.51. The number of H-pyrrole nitrogens is 1. The molecule has 1 aromatic heterocycles. The first-order chi connectivity index (χ1) is 16.0. The molecule has 2 rings (SSSR count). The molecule has 0 amide bonds. The van der Waals surface area contributed by atoms with Crippen molar-refractivity contribution in [3.8, 4) is 0 Å². The second-order valence-electron chi connectivity index (χ2n) is 9.63. The van der Waals surface area contributed by atoms with E-state index >= 15 is 0 Å². The molecule has 1 aliphatic rings. The monoisotopic (exact) mass is 465 g/mol. The maximum atomic E-state index is 12.1. The topological polar surface area (TPSA) is 93.6 Å². The number of nitrogens with one attached hydrogen (secondary N) is 2. The molecule has 0 spiro atoms. The van der Waals surface area contributed by atoms with Crippen LogP contribution in [-0.2, 0) is 7.05 Å². The third-order valence-electron chi connectivity index (χ3n) is 6.64. The zero-order valence-corrected chi connectivity index (χ0v) is 21.2. The predicted octanol–water partition coefficient (Wildman–Crippen LogP) is 3.33. The molecule has 33 heavy (non-hydrogen) atoms. The molecule has 0 bridgehead atoms. The number of rotatable bonds is 18. The summed E-state index contributed by atoms with van der Waals surface area (Å²) in [6.07, 6.45) is 15.7. The molecule has 1 aromatic rings. The van der Waals surface area contributed by atoms with Crippen molar-refractivity contribution in [3.63, 3.8) is 0 Å². The molecule has 0 saturated heterocycles. The average Bonchev–Trinajstić information content (AvgIpc) is 3.12. The number of aliphatic hydroxyl groups is 1. The minimum absolute atomic E-state index is 0.325. The number of unbranched alkanes of at least 4 members (excludes halogenated alkanes) is 10. The van der Waals surface area contributed by atoms with Crippen molar-refractivity contribution in [2.45, 2.75) is 96.5 Å². The van der Waals surface area contributed by atoms with Gasteiger partial charge in [-0.25, -0.2) is 4.79 Å². The lowest BCUT2D eigenvalue weighted by Crippen LogP contribution is -2.33. The third-order valence-corrected chi connectivity index (χ3v) is 6.64. The summed E-state index contributed by atoms with van der Waals surface area (Å²) in [5.41, 5.74) is -0.168. The Morgan fingerprint density at radius 1 is 0.939 bits per heavy atom. The van der Waals surface area contributed by atoms with Gasteiger partial charge < -0.3 is 20.2 Å². The first kappa shape index (κ1) is 27.4. The van der Waals surface area contributed by atoms with Gasteiger partial charge in [-0.1, -0.05) is 64.7 Å². The van der Waals surface area contributed by atoms with E-state index in [1.807, 2.05) is 11.9 Å². The Hall–Kier alpha value is -1.80. The molecular formula is C25H47N5O3. The van der Waals surface area contributed by atoms with Crippen LogP contribution in [0.4, 0.5) is 11.5 Å². The summed E-state index contributed by atoms with van der Waals surface area (Å²) in [4.78, 5) is 30.4. The standard InChI is InChI=1S/C25H47N5O3/c1-4-5-6-7-8-9-10-11-12-14-17-26-19-21(31)16-13-15-18-30-20-28(2)22-23(32)27-25(33)29(3)24(22)30/h21,26,31H,4-20H2,1-3H3,(H,27,32,33). The molecule has 0 aliphatic carbocycles. The van der Waals surface area contributed by atoms with Gasteiger partial charge in [-0.2, -0.15) is 0 Å². The molecule has 0 aromatic carbocycles. The molecule has 190 valence electrons. The largest absolute Gasteiger partial charge is 0.392 e. The van der Waals surface area contributed by atoms with Gasteiger partial charge in [-0.3, -0.25) is 14.3 Å². The van der Waals surface area contributed by atoms with Crippen molar-refractivity contribution in [2.24, 2.45) is 7.05 Å². The average molecular weight is 466 g/mol. The van der Waals surface area contributed by atoms with Gasteiger partial charge in [0.25, 0.3) is 5.56 Å². The van der Waals surface area contributed by atoms with Gasteiger partial charge in [0, 0.05) is 27.2 Å². The van der Waals surface area contributed by atoms with E-state index in [4.69, 9.17) is 0 Å². The van der Waals surface area contributed by atoms with Crippen molar-refractivity contribution in [2.75, 3.05) is 43.2 Å². The maximum Gasteiger partial charge on any atom is 0.329 e. The quantitative estimate of drug-likeness (QED) is 0.288. The lowest BCUT2D eigenvalue weighted by atomic mass is 10.1. The lowest BCUT2D eigenvalue weighted by Gasteiger charge is -2.20. The second-order valence-corrected chi connectivity index (χ2v) is 9.63. The Morgan fingerprint density at radius 3 is 2.24 bits per heavy atom. The van der Waals surface area contributed by atoms with Gasteiger partial charge in [0.15, 0.2) is 0 Å². The van der Waals surface area contributed by atoms with Crippen molar-refractivity contribution in [1.82, 2.24) is 14.9 Å². The molecule has 1 aliphatic heterocycles. The van der Waals surface area contributed by atoms with Crippen LogP contribution >= 0.6 is 0 Å². The zero-order valence-electron chi connectivity index (χ0n) is 21.2. The molecule has 8 heteroatoms. The smallest absolute Gasteiger partial charge is 0.329 e. The lowest BCUT2D eigenvalue weighted by molar-refractivity contribution is 0.158. The Bertz CT molecular complexity index is 791. The van der Waals surface area contributed by atoms with Crippen LogP contribution < -0.4 is 26.4 Å². The highest BCUT2D eigenvalue weighted by molar-refractivity contribution is 5.71. The van der Waals surface area contributed by atoms with Gasteiger partial charge in [-0.05, 0) is 32.2 Å². The minimum atomic E-state index is -0.386. The summed E-state index contributed by atoms with van der Waals surface area (Å²) in [7, 11) is 3.55. The highest BCUT2D eigenvalue weighted by Crippen LogP contribution is 2.29. The van der Waals surface area contributed by atoms with Crippen LogP contribution in [0.25, 0.3) is 0 Å². The van der Waals surface area contributed by atoms with Gasteiger partial charge in [-0.15, -0.1) is 0 Å². The van der Waals surface area contributed by atoms with Crippen molar-refractivity contribution in [1.29, 1.82) is 0 Å². The van der Waals surface area contributed by atoms with Crippen LogP contribution in [0.2, 0.25) is 0 Å². The first-order valence-electron chi connectivity index (χ1n) is 13.1. The van der Waals surface area contributed by atoms with Crippen LogP contribution in [0, 0.1) is 0 Å². The number of aromatic nitrogens is 2. The van der Waals surface area contributed by atoms with E-state index in [1.165, 1.54) is 68.8 Å². The molecule has 1 atom stereocenters. The maximum absolute atomic E-state index is 12.1. The summed E-state index contributed by atoms with van der Waals surface area (Å²) in [6, 6.07) is 0. The predicted molar refractivity (Wildman–Crippen MR) is 137 cm³/mol. The summed E-state index contributed by atoms with van der Waals surface area (Å²) >= 11 is 0. The Morgan fingerprint density at radius 2 is 1.58 bits per heavy atom. The number of anilines is 2. The number of aromatic amines is 1. The van der Waals surface area contributed by atoms with E-state index < -0.39 is 0 Å². The van der Waals surface area contributed by atoms with Crippen molar-refractivity contribution >= 4 is 11.5 Å². The summed E-state index contributed by atoms with van der Waals surface area (Å²) in [6.45, 7) is 5.24. The van der Waals surface area contributed by atoms with Crippen LogP contribution in [-0.4, -0.2) is 54.1 Å². The summed E-state index contributed by atoms with van der Waals surface area (Å²) in [5, 5.41) is 13.6. The van der Waals surface area contributed by atoms with Gasteiger partial charge >= 0.3 is 5.69 Å². The highest BCUT2D eigenvalue weighted by atomic mass is 16.3. The van der Waals surface area contributed by atoms with Crippen LogP contribution in [0.3, 0.4) is 0 Å². The molecule has 0 fully saturated rings. The van der Waals surface area contributed by atoms with E-state index in [9.17, 15) is 14.7 Å². The van der Waals surface area contributed by atoms with Gasteiger partial charge in [0.2, 0.25) is 0 Å². The molecule has 3 N–H and O–H groups in total. The molecule has 0 saturated carbocycles. The molecule has 8 nitrogen and oxygen atoms in total. The minimum Gasteiger partial charge on any atom is -0.392 e. The van der Waals surface area contributed by atoms with Crippen LogP contribution in [0.5, 0.6) is 0 Å². The fourth-order valence-electron chi connectivity index (χ4n) is 4.66. The SMILES string of the molecule is CCCCCCCCCCCCNCC(O)CCCCN1CN(C)c2c1n(C)c(=O)[nH]c2=O. The Kier molecular flexibility index (Phi) is 12.6. The van der Waals surface area contributed by atoms with E-state index in [1.54, 1.807) is 7.05 Å². The summed E-state index contributed by atoms with van der Waals surface area (Å²) in [5.74, 6) is 0.685. The van der Waals surface area contributed by atoms with Gasteiger partial charge in [0.1, 0.15) is 11.5 Å². The van der Waals surface area contributed by atoms with E-state index in [2.05, 4.69) is 22.1 Å². The highest BCUT2D eigenvalue weighted by Gasteiger charge is 2.29. The molecular weight excluding hydrogens is 418 g/mol. The van der Waals surface area contributed by atoms with Crippen LogP contribution in [0.1, 0.15) is 90.4 Å². The zero-order chi connectivity index (χ0) is 24.1. The number of nitrogens with zero attached hydrogens (tertiary/aromatic N) is 3. The molecule has 1 unspecified atom stereocenters. The molecule has 2 heterocycles. The Balaban J connectivity index is 1.50. The number of hydrogen-bond acceptors (Lipinski definition) is 6. The van der Waals surface area contributed by atoms with Crippen molar-refractivity contribution in [3.05, 3.63) is 20.8 Å². The van der Waals surface area contributed by atoms with Gasteiger partial charge in [0.05, 0.1) is 12.8 Å². The fraction of sp³-hybridized carbons (Fsp3) is 0.840. The normalized spacial score (nSPS) is 14.2.